The topological polar surface area (TPSA) is 75.6 Å². The van der Waals surface area contributed by atoms with Crippen molar-refractivity contribution >= 4 is 11.9 Å². The molecule has 1 atom stereocenters. The van der Waals surface area contributed by atoms with Gasteiger partial charge in [-0.1, -0.05) is 0 Å². The van der Waals surface area contributed by atoms with Gasteiger partial charge in [0, 0.05) is 72.3 Å². The van der Waals surface area contributed by atoms with Crippen molar-refractivity contribution in [3.05, 3.63) is 0 Å². The van der Waals surface area contributed by atoms with Gasteiger partial charge in [-0.05, 0) is 44.9 Å². The van der Waals surface area contributed by atoms with Crippen LogP contribution in [0.1, 0.15) is 39.0 Å². The van der Waals surface area contributed by atoms with Crippen molar-refractivity contribution in [3.8, 4) is 0 Å². The van der Waals surface area contributed by atoms with Gasteiger partial charge >= 0.3 is 0 Å². The van der Waals surface area contributed by atoms with Crippen molar-refractivity contribution in [2.75, 3.05) is 72.3 Å². The van der Waals surface area contributed by atoms with Crippen LogP contribution in [0.2, 0.25) is 0 Å². The highest BCUT2D eigenvalue weighted by Gasteiger charge is 2.30. The first-order valence-corrected chi connectivity index (χ1v) is 11.4. The summed E-state index contributed by atoms with van der Waals surface area (Å²) in [5.41, 5.74) is 0. The summed E-state index contributed by atoms with van der Waals surface area (Å²) in [5.74, 6) is 1.75. The van der Waals surface area contributed by atoms with Crippen LogP contribution in [0.25, 0.3) is 0 Å². The first-order chi connectivity index (χ1) is 14.3. The average molecular weight is 411 g/mol. The lowest BCUT2D eigenvalue weighted by Crippen LogP contribution is -2.55. The highest BCUT2D eigenvalue weighted by Crippen LogP contribution is 2.16. The number of hydrogen-bond acceptors (Lipinski definition) is 5. The molecular weight excluding hydrogens is 372 g/mol. The maximum atomic E-state index is 12.5. The van der Waals surface area contributed by atoms with Crippen LogP contribution in [0.15, 0.2) is 4.99 Å². The van der Waals surface area contributed by atoms with Gasteiger partial charge in [0.15, 0.2) is 5.96 Å². The van der Waals surface area contributed by atoms with E-state index in [1.165, 1.54) is 0 Å². The molecule has 8 nitrogen and oxygen atoms in total. The Morgan fingerprint density at radius 1 is 1.10 bits per heavy atom. The third-order valence-corrected chi connectivity index (χ3v) is 5.83. The van der Waals surface area contributed by atoms with Gasteiger partial charge in [0.05, 0.1) is 0 Å². The second kappa shape index (κ2) is 12.3. The largest absolute Gasteiger partial charge is 0.381 e. The summed E-state index contributed by atoms with van der Waals surface area (Å²) in [7, 11) is 0. The molecule has 0 saturated carbocycles. The van der Waals surface area contributed by atoms with Gasteiger partial charge in [-0.3, -0.25) is 9.79 Å². The highest BCUT2D eigenvalue weighted by atomic mass is 16.5. The number of nitrogens with zero attached hydrogens (tertiary/aromatic N) is 3. The molecule has 166 valence electrons. The predicted molar refractivity (Wildman–Crippen MR) is 112 cm³/mol. The first kappa shape index (κ1) is 22.3. The first-order valence-electron chi connectivity index (χ1n) is 11.4. The van der Waals surface area contributed by atoms with Gasteiger partial charge in [0.2, 0.25) is 0 Å². The minimum Gasteiger partial charge on any atom is -0.381 e. The number of carbonyl (C=O) groups is 1. The molecule has 0 aromatic heterocycles. The van der Waals surface area contributed by atoms with Gasteiger partial charge in [-0.25, -0.2) is 0 Å². The van der Waals surface area contributed by atoms with Gasteiger partial charge in [-0.15, -0.1) is 0 Å². The van der Waals surface area contributed by atoms with Crippen LogP contribution in [0.3, 0.4) is 0 Å². The smallest absolute Gasteiger partial charge is 0.251 e. The quantitative estimate of drug-likeness (QED) is 0.367. The zero-order valence-electron chi connectivity index (χ0n) is 17.9. The summed E-state index contributed by atoms with van der Waals surface area (Å²) < 4.78 is 16.8. The van der Waals surface area contributed by atoms with Gasteiger partial charge in [0.25, 0.3) is 5.91 Å². The van der Waals surface area contributed by atoms with Crippen molar-refractivity contribution in [1.29, 1.82) is 0 Å². The molecule has 0 spiro atoms. The zero-order valence-corrected chi connectivity index (χ0v) is 17.9. The fourth-order valence-corrected chi connectivity index (χ4v) is 4.06. The average Bonchev–Trinajstić information content (AvgIpc) is 3.31. The maximum Gasteiger partial charge on any atom is 0.251 e. The molecule has 0 aliphatic carbocycles. The number of carbonyl (C=O) groups excluding carboxylic acids is 1. The molecule has 29 heavy (non-hydrogen) atoms. The Labute approximate surface area is 174 Å². The molecule has 3 aliphatic heterocycles. The fourth-order valence-electron chi connectivity index (χ4n) is 4.06. The molecule has 0 radical (unpaired) electrons. The van der Waals surface area contributed by atoms with Crippen molar-refractivity contribution < 1.29 is 19.0 Å². The molecule has 0 bridgehead atoms. The number of nitrogens with one attached hydrogen (secondary N) is 1. The number of ether oxygens (including phenoxy) is 3. The molecule has 1 unspecified atom stereocenters. The number of rotatable bonds is 8. The summed E-state index contributed by atoms with van der Waals surface area (Å²) in [4.78, 5) is 21.5. The monoisotopic (exact) mass is 410 g/mol. The lowest BCUT2D eigenvalue weighted by Gasteiger charge is -2.37. The summed E-state index contributed by atoms with van der Waals surface area (Å²) in [6.07, 6.45) is 4.79. The fraction of sp³-hybridized carbons (Fsp3) is 0.905. The van der Waals surface area contributed by atoms with Crippen LogP contribution in [-0.2, 0) is 19.0 Å². The van der Waals surface area contributed by atoms with Crippen LogP contribution in [-0.4, -0.2) is 100 Å². The third kappa shape index (κ3) is 7.12. The maximum absolute atomic E-state index is 12.5. The summed E-state index contributed by atoms with van der Waals surface area (Å²) in [5, 5.41) is 3.39. The number of amides is 1. The van der Waals surface area contributed by atoms with E-state index >= 15 is 0 Å². The van der Waals surface area contributed by atoms with Crippen molar-refractivity contribution in [1.82, 2.24) is 15.1 Å². The van der Waals surface area contributed by atoms with E-state index < -0.39 is 0 Å². The van der Waals surface area contributed by atoms with E-state index in [1.807, 2.05) is 4.90 Å². The van der Waals surface area contributed by atoms with Crippen LogP contribution in [0.4, 0.5) is 0 Å². The molecule has 1 amide bonds. The second-order valence-electron chi connectivity index (χ2n) is 8.03. The Bertz CT molecular complexity index is 511. The Kier molecular flexibility index (Phi) is 9.50. The molecule has 0 aromatic carbocycles. The summed E-state index contributed by atoms with van der Waals surface area (Å²) in [6.45, 7) is 10.8. The lowest BCUT2D eigenvalue weighted by atomic mass is 10.0. The molecule has 3 aliphatic rings. The Morgan fingerprint density at radius 2 is 1.86 bits per heavy atom. The number of hydrogen-bond donors (Lipinski definition) is 1. The van der Waals surface area contributed by atoms with Crippen LogP contribution in [0, 0.1) is 5.92 Å². The zero-order chi connectivity index (χ0) is 20.3. The van der Waals surface area contributed by atoms with Gasteiger partial charge < -0.3 is 29.3 Å². The summed E-state index contributed by atoms with van der Waals surface area (Å²) >= 11 is 0. The second-order valence-corrected chi connectivity index (χ2v) is 8.03. The minimum atomic E-state index is -0.218. The number of aliphatic imine (C=N–C) groups is 1. The lowest BCUT2D eigenvalue weighted by molar-refractivity contribution is -0.142. The molecule has 3 rings (SSSR count). The van der Waals surface area contributed by atoms with Crippen LogP contribution in [0.5, 0.6) is 0 Å². The minimum absolute atomic E-state index is 0.158. The Hall–Kier alpha value is -1.38. The molecule has 0 aromatic rings. The SMILES string of the molecule is CCNC(=NCCCOCC1CCOCC1)N1CCN(C(=O)C2CCCO2)CC1. The molecule has 3 saturated heterocycles. The van der Waals surface area contributed by atoms with Crippen molar-refractivity contribution in [3.63, 3.8) is 0 Å². The predicted octanol–water partition coefficient (Wildman–Crippen LogP) is 1.11. The van der Waals surface area contributed by atoms with Gasteiger partial charge in [-0.2, -0.15) is 0 Å². The normalized spacial score (nSPS) is 24.2. The van der Waals surface area contributed by atoms with E-state index in [0.29, 0.717) is 12.5 Å². The molecule has 8 heteroatoms. The van der Waals surface area contributed by atoms with E-state index in [1.54, 1.807) is 0 Å². The van der Waals surface area contributed by atoms with E-state index in [2.05, 4.69) is 17.1 Å². The molecule has 3 fully saturated rings. The molecular formula is C21H38N4O4. The van der Waals surface area contributed by atoms with Crippen molar-refractivity contribution in [2.45, 2.75) is 45.1 Å². The van der Waals surface area contributed by atoms with E-state index in [9.17, 15) is 4.79 Å². The Morgan fingerprint density at radius 3 is 2.55 bits per heavy atom. The molecule has 1 N–H and O–H groups in total. The standard InChI is InChI=1S/C21H38N4O4/c1-2-22-21(23-8-4-13-28-17-18-6-15-27-16-7-18)25-11-9-24(10-12-25)20(26)19-5-3-14-29-19/h18-19H,2-17H2,1H3,(H,22,23). The van der Waals surface area contributed by atoms with Crippen molar-refractivity contribution in [2.24, 2.45) is 10.9 Å². The van der Waals surface area contributed by atoms with E-state index in [-0.39, 0.29) is 12.0 Å². The molecule has 3 heterocycles. The third-order valence-electron chi connectivity index (χ3n) is 5.83. The number of piperazine rings is 1. The van der Waals surface area contributed by atoms with E-state index in [4.69, 9.17) is 19.2 Å². The summed E-state index contributed by atoms with van der Waals surface area (Å²) in [6, 6.07) is 0. The van der Waals surface area contributed by atoms with Gasteiger partial charge in [0.1, 0.15) is 6.10 Å². The van der Waals surface area contributed by atoms with Crippen LogP contribution < -0.4 is 5.32 Å². The van der Waals surface area contributed by atoms with Crippen LogP contribution >= 0.6 is 0 Å². The van der Waals surface area contributed by atoms with E-state index in [0.717, 1.165) is 104 Å². The highest BCUT2D eigenvalue weighted by molar-refractivity contribution is 5.82. The number of guanidine groups is 1. The Balaban J connectivity index is 1.34.